The van der Waals surface area contributed by atoms with Crippen LogP contribution in [0.15, 0.2) is 18.2 Å². The summed E-state index contributed by atoms with van der Waals surface area (Å²) in [6, 6.07) is 5.97. The first-order valence-electron chi connectivity index (χ1n) is 11.4. The predicted octanol–water partition coefficient (Wildman–Crippen LogP) is 0.737. The number of piperazine rings is 2. The van der Waals surface area contributed by atoms with Gasteiger partial charge in [-0.1, -0.05) is 13.0 Å². The van der Waals surface area contributed by atoms with Crippen LogP contribution in [0.4, 0.5) is 0 Å². The van der Waals surface area contributed by atoms with E-state index in [0.29, 0.717) is 18.0 Å². The second kappa shape index (κ2) is 11.7. The molecule has 0 saturated carbocycles. The Morgan fingerprint density at radius 3 is 2.26 bits per heavy atom. The number of methoxy groups -OCH3 is 1. The number of nitrogens with zero attached hydrogens (tertiary/aromatic N) is 4. The Morgan fingerprint density at radius 2 is 1.65 bits per heavy atom. The minimum Gasteiger partial charge on any atom is -0.493 e. The summed E-state index contributed by atoms with van der Waals surface area (Å²) in [5, 5.41) is 10.4. The zero-order chi connectivity index (χ0) is 22.2. The lowest BCUT2D eigenvalue weighted by Gasteiger charge is -2.35. The van der Waals surface area contributed by atoms with Gasteiger partial charge in [0.25, 0.3) is 0 Å². The largest absolute Gasteiger partial charge is 0.493 e. The molecule has 174 valence electrons. The zero-order valence-corrected chi connectivity index (χ0v) is 19.3. The number of aliphatic hydroxyl groups is 1. The number of carbonyl (C=O) groups excluding carboxylic acids is 1. The highest BCUT2D eigenvalue weighted by atomic mass is 16.5. The number of amides is 1. The molecule has 1 aromatic carbocycles. The zero-order valence-electron chi connectivity index (χ0n) is 19.3. The van der Waals surface area contributed by atoms with Crippen LogP contribution in [-0.4, -0.2) is 116 Å². The van der Waals surface area contributed by atoms with Gasteiger partial charge in [-0.3, -0.25) is 14.6 Å². The van der Waals surface area contributed by atoms with Crippen molar-refractivity contribution in [3.8, 4) is 11.5 Å². The topological polar surface area (TPSA) is 68.7 Å². The molecule has 2 aliphatic rings. The number of benzene rings is 1. The van der Waals surface area contributed by atoms with Gasteiger partial charge in [-0.2, -0.15) is 0 Å². The maximum Gasteiger partial charge on any atom is 0.219 e. The molecule has 0 bridgehead atoms. The quantitative estimate of drug-likeness (QED) is 0.615. The van der Waals surface area contributed by atoms with Gasteiger partial charge >= 0.3 is 0 Å². The summed E-state index contributed by atoms with van der Waals surface area (Å²) in [6.07, 6.45) is -0.532. The van der Waals surface area contributed by atoms with Crippen molar-refractivity contribution in [2.24, 2.45) is 0 Å². The number of ether oxygens (including phenoxy) is 2. The molecule has 3 rings (SSSR count). The average molecular weight is 435 g/mol. The highest BCUT2D eigenvalue weighted by molar-refractivity contribution is 5.73. The molecule has 0 aromatic heterocycles. The summed E-state index contributed by atoms with van der Waals surface area (Å²) >= 11 is 0. The maximum absolute atomic E-state index is 11.5. The van der Waals surface area contributed by atoms with Gasteiger partial charge < -0.3 is 24.4 Å². The van der Waals surface area contributed by atoms with Crippen molar-refractivity contribution in [3.05, 3.63) is 23.8 Å². The van der Waals surface area contributed by atoms with Gasteiger partial charge in [0, 0.05) is 72.4 Å². The Balaban J connectivity index is 1.46. The molecular formula is C23H38N4O4. The van der Waals surface area contributed by atoms with Crippen molar-refractivity contribution in [3.63, 3.8) is 0 Å². The van der Waals surface area contributed by atoms with Gasteiger partial charge in [0.1, 0.15) is 12.7 Å². The third kappa shape index (κ3) is 7.07. The fourth-order valence-corrected chi connectivity index (χ4v) is 4.23. The molecule has 0 aliphatic carbocycles. The molecule has 8 nitrogen and oxygen atoms in total. The standard InChI is InChI=1S/C23H38N4O4/c1-4-24-7-9-26(10-8-24)17-21(29)18-31-22-6-5-20(15-23(22)30-3)16-25-11-13-27(14-12-25)19(2)28/h5-6,15,21,29H,4,7-14,16-18H2,1-3H3. The van der Waals surface area contributed by atoms with Crippen LogP contribution < -0.4 is 9.47 Å². The Kier molecular flexibility index (Phi) is 8.95. The molecule has 0 spiro atoms. The summed E-state index contributed by atoms with van der Waals surface area (Å²) in [7, 11) is 1.64. The lowest BCUT2D eigenvalue weighted by molar-refractivity contribution is -0.130. The molecule has 31 heavy (non-hydrogen) atoms. The smallest absolute Gasteiger partial charge is 0.219 e. The molecule has 1 atom stereocenters. The van der Waals surface area contributed by atoms with Gasteiger partial charge in [-0.15, -0.1) is 0 Å². The molecule has 2 saturated heterocycles. The Labute approximate surface area is 186 Å². The number of hydrogen-bond donors (Lipinski definition) is 1. The van der Waals surface area contributed by atoms with E-state index in [2.05, 4.69) is 21.6 Å². The van der Waals surface area contributed by atoms with Crippen molar-refractivity contribution < 1.29 is 19.4 Å². The van der Waals surface area contributed by atoms with Gasteiger partial charge in [-0.05, 0) is 24.2 Å². The molecule has 1 unspecified atom stereocenters. The van der Waals surface area contributed by atoms with E-state index in [1.54, 1.807) is 14.0 Å². The summed E-state index contributed by atoms with van der Waals surface area (Å²) < 4.78 is 11.4. The lowest BCUT2D eigenvalue weighted by Crippen LogP contribution is -2.49. The van der Waals surface area contributed by atoms with Crippen molar-refractivity contribution in [1.29, 1.82) is 0 Å². The molecule has 2 aliphatic heterocycles. The second-order valence-corrected chi connectivity index (χ2v) is 8.47. The third-order valence-electron chi connectivity index (χ3n) is 6.26. The molecule has 8 heteroatoms. The third-order valence-corrected chi connectivity index (χ3v) is 6.26. The Bertz CT molecular complexity index is 701. The van der Waals surface area contributed by atoms with E-state index in [1.807, 2.05) is 23.1 Å². The number of likely N-dealkylation sites (N-methyl/N-ethyl adjacent to an activating group) is 1. The van der Waals surface area contributed by atoms with E-state index in [-0.39, 0.29) is 12.5 Å². The molecule has 1 N–H and O–H groups in total. The first-order chi connectivity index (χ1) is 15.0. The minimum absolute atomic E-state index is 0.147. The summed E-state index contributed by atoms with van der Waals surface area (Å²) in [4.78, 5) is 20.4. The molecule has 1 amide bonds. The van der Waals surface area contributed by atoms with E-state index < -0.39 is 6.10 Å². The first-order valence-corrected chi connectivity index (χ1v) is 11.4. The minimum atomic E-state index is -0.532. The normalized spacial score (nSPS) is 19.9. The summed E-state index contributed by atoms with van der Waals surface area (Å²) in [6.45, 7) is 14.0. The summed E-state index contributed by atoms with van der Waals surface area (Å²) in [5.74, 6) is 1.49. The SMILES string of the molecule is CCN1CCN(CC(O)COc2ccc(CN3CCN(C(C)=O)CC3)cc2OC)CC1. The number of carbonyl (C=O) groups is 1. The van der Waals surface area contributed by atoms with Gasteiger partial charge in [0.2, 0.25) is 5.91 Å². The predicted molar refractivity (Wildman–Crippen MR) is 121 cm³/mol. The van der Waals surface area contributed by atoms with Crippen LogP contribution in [-0.2, 0) is 11.3 Å². The Morgan fingerprint density at radius 1 is 1.00 bits per heavy atom. The molecule has 2 heterocycles. The molecule has 2 fully saturated rings. The van der Waals surface area contributed by atoms with Crippen LogP contribution in [0.25, 0.3) is 0 Å². The number of aliphatic hydroxyl groups excluding tert-OH is 1. The first kappa shape index (κ1) is 23.8. The van der Waals surface area contributed by atoms with Crippen LogP contribution in [0, 0.1) is 0 Å². The fourth-order valence-electron chi connectivity index (χ4n) is 4.23. The van der Waals surface area contributed by atoms with Gasteiger partial charge in [0.15, 0.2) is 11.5 Å². The molecule has 0 radical (unpaired) electrons. The van der Waals surface area contributed by atoms with Gasteiger partial charge in [0.05, 0.1) is 7.11 Å². The number of hydrogen-bond acceptors (Lipinski definition) is 7. The van der Waals surface area contributed by atoms with Crippen LogP contribution in [0.2, 0.25) is 0 Å². The van der Waals surface area contributed by atoms with E-state index in [0.717, 1.165) is 71.0 Å². The van der Waals surface area contributed by atoms with Crippen LogP contribution in [0.5, 0.6) is 11.5 Å². The molecular weight excluding hydrogens is 396 g/mol. The fraction of sp³-hybridized carbons (Fsp3) is 0.696. The van der Waals surface area contributed by atoms with E-state index in [4.69, 9.17) is 9.47 Å². The average Bonchev–Trinajstić information content (AvgIpc) is 2.79. The van der Waals surface area contributed by atoms with Crippen LogP contribution >= 0.6 is 0 Å². The van der Waals surface area contributed by atoms with E-state index in [1.165, 1.54) is 0 Å². The summed E-state index contributed by atoms with van der Waals surface area (Å²) in [5.41, 5.74) is 1.15. The highest BCUT2D eigenvalue weighted by Crippen LogP contribution is 2.29. The Hall–Kier alpha value is -1.87. The second-order valence-electron chi connectivity index (χ2n) is 8.47. The number of rotatable bonds is 9. The van der Waals surface area contributed by atoms with Crippen molar-refractivity contribution in [1.82, 2.24) is 19.6 Å². The van der Waals surface area contributed by atoms with Crippen molar-refractivity contribution >= 4 is 5.91 Å². The van der Waals surface area contributed by atoms with Gasteiger partial charge in [-0.25, -0.2) is 0 Å². The van der Waals surface area contributed by atoms with Crippen molar-refractivity contribution in [2.45, 2.75) is 26.5 Å². The monoisotopic (exact) mass is 434 g/mol. The lowest BCUT2D eigenvalue weighted by atomic mass is 10.1. The van der Waals surface area contributed by atoms with E-state index >= 15 is 0 Å². The molecule has 1 aromatic rings. The van der Waals surface area contributed by atoms with Crippen molar-refractivity contribution in [2.75, 3.05) is 79.2 Å². The van der Waals surface area contributed by atoms with Crippen LogP contribution in [0.3, 0.4) is 0 Å². The van der Waals surface area contributed by atoms with E-state index in [9.17, 15) is 9.90 Å². The van der Waals surface area contributed by atoms with Crippen LogP contribution in [0.1, 0.15) is 19.4 Å². The highest BCUT2D eigenvalue weighted by Gasteiger charge is 2.20. The number of β-amino-alcohol motifs (C(OH)–C–C–N with tert-alkyl or cyclic N) is 1. The maximum atomic E-state index is 11.5.